The lowest BCUT2D eigenvalue weighted by Crippen LogP contribution is -2.15. The second-order valence-corrected chi connectivity index (χ2v) is 8.62. The number of hydrogen-bond acceptors (Lipinski definition) is 7. The van der Waals surface area contributed by atoms with E-state index in [2.05, 4.69) is 5.32 Å². The van der Waals surface area contributed by atoms with Gasteiger partial charge in [-0.25, -0.2) is 9.97 Å². The molecule has 3 aromatic carbocycles. The molecule has 5 aromatic rings. The third-order valence-electron chi connectivity index (χ3n) is 6.40. The molecule has 0 unspecified atom stereocenters. The van der Waals surface area contributed by atoms with Gasteiger partial charge in [-0.3, -0.25) is 9.36 Å². The number of amides is 1. The van der Waals surface area contributed by atoms with Gasteiger partial charge in [-0.05, 0) is 49.2 Å². The van der Waals surface area contributed by atoms with Gasteiger partial charge in [-0.15, -0.1) is 0 Å². The Morgan fingerprint density at radius 3 is 2.11 bits per heavy atom. The number of nitrogens with two attached hydrogens (primary N) is 1. The number of ether oxygens (including phenoxy) is 3. The number of fused-ring (bicyclic) bond motifs is 2. The number of benzene rings is 3. The van der Waals surface area contributed by atoms with Crippen LogP contribution in [-0.4, -0.2) is 41.8 Å². The van der Waals surface area contributed by atoms with E-state index in [9.17, 15) is 4.79 Å². The third kappa shape index (κ3) is 4.04. The van der Waals surface area contributed by atoms with E-state index in [1.807, 2.05) is 56.3 Å². The van der Waals surface area contributed by atoms with E-state index < -0.39 is 5.91 Å². The maximum Gasteiger partial charge on any atom is 0.261 e. The molecule has 0 aliphatic rings. The minimum Gasteiger partial charge on any atom is -0.493 e. The minimum absolute atomic E-state index is 0.222. The highest BCUT2D eigenvalue weighted by Crippen LogP contribution is 2.40. The Bertz CT molecular complexity index is 1650. The Morgan fingerprint density at radius 1 is 0.865 bits per heavy atom. The summed E-state index contributed by atoms with van der Waals surface area (Å²) in [5.41, 5.74) is 12.6. The summed E-state index contributed by atoms with van der Waals surface area (Å²) in [5, 5.41) is 2.91. The van der Waals surface area contributed by atoms with Gasteiger partial charge in [0.25, 0.3) is 5.91 Å². The number of carbonyl (C=O) groups excluding carboxylic acids is 1. The fraction of sp³-hybridized carbons (Fsp3) is 0.179. The van der Waals surface area contributed by atoms with Crippen LogP contribution >= 0.6 is 0 Å². The molecule has 2 aromatic heterocycles. The monoisotopic (exact) mass is 497 g/mol. The summed E-state index contributed by atoms with van der Waals surface area (Å²) in [6, 6.07) is 16.8. The summed E-state index contributed by atoms with van der Waals surface area (Å²) in [5.74, 6) is 1.04. The van der Waals surface area contributed by atoms with E-state index in [0.29, 0.717) is 45.1 Å². The zero-order valence-corrected chi connectivity index (χ0v) is 21.2. The molecular weight excluding hydrogens is 470 g/mol. The Balaban J connectivity index is 1.70. The van der Waals surface area contributed by atoms with E-state index in [4.69, 9.17) is 29.9 Å². The minimum atomic E-state index is -0.441. The number of rotatable bonds is 6. The van der Waals surface area contributed by atoms with Crippen LogP contribution in [-0.2, 0) is 0 Å². The molecule has 9 heteroatoms. The zero-order valence-electron chi connectivity index (χ0n) is 21.2. The molecule has 37 heavy (non-hydrogen) atoms. The average Bonchev–Trinajstić information content (AvgIpc) is 3.18. The van der Waals surface area contributed by atoms with Gasteiger partial charge in [-0.1, -0.05) is 18.2 Å². The van der Waals surface area contributed by atoms with Crippen LogP contribution in [0, 0.1) is 13.8 Å². The fourth-order valence-corrected chi connectivity index (χ4v) is 4.36. The average molecular weight is 498 g/mol. The molecule has 0 aliphatic heterocycles. The third-order valence-corrected chi connectivity index (χ3v) is 6.40. The SMILES string of the molecule is COc1cc(NC(=O)c2c(N)n(-c3ccc(C)c(C)c3)c3nc4ccccc4nc23)cc(OC)c1OC. The first-order valence-corrected chi connectivity index (χ1v) is 11.6. The first-order chi connectivity index (χ1) is 17.9. The van der Waals surface area contributed by atoms with Crippen LogP contribution in [0.25, 0.3) is 27.9 Å². The van der Waals surface area contributed by atoms with Crippen LogP contribution in [0.15, 0.2) is 54.6 Å². The predicted molar refractivity (Wildman–Crippen MR) is 144 cm³/mol. The summed E-state index contributed by atoms with van der Waals surface area (Å²) < 4.78 is 18.0. The van der Waals surface area contributed by atoms with E-state index in [-0.39, 0.29) is 11.4 Å². The molecule has 0 spiro atoms. The molecule has 0 saturated carbocycles. The molecule has 0 fully saturated rings. The number of para-hydroxylation sites is 2. The second kappa shape index (κ2) is 9.34. The number of nitrogen functional groups attached to an aromatic ring is 1. The van der Waals surface area contributed by atoms with Crippen molar-refractivity contribution in [3.05, 3.63) is 71.3 Å². The number of aromatic nitrogens is 3. The van der Waals surface area contributed by atoms with E-state index in [0.717, 1.165) is 16.8 Å². The lowest BCUT2D eigenvalue weighted by Gasteiger charge is -2.14. The molecule has 2 heterocycles. The summed E-state index contributed by atoms with van der Waals surface area (Å²) in [6.45, 7) is 4.07. The first-order valence-electron chi connectivity index (χ1n) is 11.6. The molecule has 3 N–H and O–H groups in total. The molecule has 188 valence electrons. The van der Waals surface area contributed by atoms with Crippen LogP contribution in [0.4, 0.5) is 11.5 Å². The van der Waals surface area contributed by atoms with Gasteiger partial charge in [0.2, 0.25) is 5.75 Å². The molecule has 1 amide bonds. The van der Waals surface area contributed by atoms with Crippen molar-refractivity contribution in [3.63, 3.8) is 0 Å². The van der Waals surface area contributed by atoms with Crippen molar-refractivity contribution in [2.24, 2.45) is 0 Å². The van der Waals surface area contributed by atoms with Gasteiger partial charge in [0.15, 0.2) is 17.1 Å². The van der Waals surface area contributed by atoms with Crippen LogP contribution in [0.5, 0.6) is 17.2 Å². The number of aryl methyl sites for hydroxylation is 2. The van der Waals surface area contributed by atoms with Gasteiger partial charge in [0.05, 0.1) is 32.4 Å². The highest BCUT2D eigenvalue weighted by Gasteiger charge is 2.26. The van der Waals surface area contributed by atoms with Crippen molar-refractivity contribution in [1.29, 1.82) is 0 Å². The largest absolute Gasteiger partial charge is 0.493 e. The Labute approximate surface area is 213 Å². The lowest BCUT2D eigenvalue weighted by molar-refractivity contribution is 0.102. The Hall–Kier alpha value is -4.79. The van der Waals surface area contributed by atoms with Gasteiger partial charge in [-0.2, -0.15) is 0 Å². The topological polar surface area (TPSA) is 114 Å². The van der Waals surface area contributed by atoms with Crippen molar-refractivity contribution in [1.82, 2.24) is 14.5 Å². The highest BCUT2D eigenvalue weighted by atomic mass is 16.5. The summed E-state index contributed by atoms with van der Waals surface area (Å²) in [4.78, 5) is 23.3. The molecule has 5 rings (SSSR count). The Morgan fingerprint density at radius 2 is 1.51 bits per heavy atom. The normalized spacial score (nSPS) is 11.1. The van der Waals surface area contributed by atoms with Crippen LogP contribution < -0.4 is 25.3 Å². The van der Waals surface area contributed by atoms with Crippen molar-refractivity contribution in [2.45, 2.75) is 13.8 Å². The van der Waals surface area contributed by atoms with E-state index in [1.54, 1.807) is 16.7 Å². The van der Waals surface area contributed by atoms with Crippen molar-refractivity contribution < 1.29 is 19.0 Å². The maximum absolute atomic E-state index is 13.7. The number of methoxy groups -OCH3 is 3. The number of carbonyl (C=O) groups is 1. The zero-order chi connectivity index (χ0) is 26.3. The maximum atomic E-state index is 13.7. The first kappa shape index (κ1) is 23.9. The van der Waals surface area contributed by atoms with Gasteiger partial charge >= 0.3 is 0 Å². The van der Waals surface area contributed by atoms with Crippen molar-refractivity contribution in [3.8, 4) is 22.9 Å². The fourth-order valence-electron chi connectivity index (χ4n) is 4.36. The van der Waals surface area contributed by atoms with Gasteiger partial charge in [0.1, 0.15) is 16.9 Å². The molecule has 0 aliphatic carbocycles. The van der Waals surface area contributed by atoms with Crippen LogP contribution in [0.3, 0.4) is 0 Å². The summed E-state index contributed by atoms with van der Waals surface area (Å²) >= 11 is 0. The number of nitrogens with one attached hydrogen (secondary N) is 1. The van der Waals surface area contributed by atoms with E-state index in [1.165, 1.54) is 21.3 Å². The smallest absolute Gasteiger partial charge is 0.261 e. The van der Waals surface area contributed by atoms with Gasteiger partial charge < -0.3 is 25.3 Å². The Kier molecular flexibility index (Phi) is 6.04. The van der Waals surface area contributed by atoms with Gasteiger partial charge in [0, 0.05) is 23.5 Å². The lowest BCUT2D eigenvalue weighted by atomic mass is 10.1. The molecule has 0 bridgehead atoms. The molecular formula is C28H27N5O4. The predicted octanol–water partition coefficient (Wildman–Crippen LogP) is 5.05. The van der Waals surface area contributed by atoms with Crippen LogP contribution in [0.1, 0.15) is 21.5 Å². The number of hydrogen-bond donors (Lipinski definition) is 2. The molecule has 9 nitrogen and oxygen atoms in total. The van der Waals surface area contributed by atoms with E-state index >= 15 is 0 Å². The summed E-state index contributed by atoms with van der Waals surface area (Å²) in [6.07, 6.45) is 0. The molecule has 0 saturated heterocycles. The van der Waals surface area contributed by atoms with Crippen molar-refractivity contribution in [2.75, 3.05) is 32.4 Å². The highest BCUT2D eigenvalue weighted by molar-refractivity contribution is 6.16. The standard InChI is InChI=1S/C28H27N5O4/c1-15-10-11-18(12-16(15)2)33-26(29)23(24-27(33)32-20-9-7-6-8-19(20)31-24)28(34)30-17-13-21(35-3)25(37-5)22(14-17)36-4/h6-14H,29H2,1-5H3,(H,30,34). The van der Waals surface area contributed by atoms with Crippen molar-refractivity contribution >= 4 is 39.6 Å². The summed E-state index contributed by atoms with van der Waals surface area (Å²) in [7, 11) is 4.54. The molecule has 0 radical (unpaired) electrons. The number of nitrogens with zero attached hydrogens (tertiary/aromatic N) is 3. The van der Waals surface area contributed by atoms with Crippen LogP contribution in [0.2, 0.25) is 0 Å². The number of anilines is 2. The quantitative estimate of drug-likeness (QED) is 0.337. The second-order valence-electron chi connectivity index (χ2n) is 8.62. The molecule has 0 atom stereocenters.